The van der Waals surface area contributed by atoms with E-state index in [0.717, 1.165) is 61.1 Å². The molecule has 0 bridgehead atoms. The fourth-order valence-corrected chi connectivity index (χ4v) is 4.54. The molecule has 4 rings (SSSR count). The van der Waals surface area contributed by atoms with E-state index in [0.29, 0.717) is 12.5 Å². The van der Waals surface area contributed by atoms with Gasteiger partial charge in [0.05, 0.1) is 11.0 Å². The van der Waals surface area contributed by atoms with Gasteiger partial charge in [-0.15, -0.1) is 0 Å². The highest BCUT2D eigenvalue weighted by molar-refractivity contribution is 5.94. The third-order valence-corrected chi connectivity index (χ3v) is 6.88. The average Bonchev–Trinajstić information content (AvgIpc) is 3.23. The molecule has 0 radical (unpaired) electrons. The average molecular weight is 468 g/mol. The number of amides is 1. The number of carbonyl (C=O) groups excluding carboxylic acids is 1. The number of carbonyl (C=O) groups is 1. The Morgan fingerprint density at radius 3 is 2.54 bits per heavy atom. The Labute approximate surface area is 209 Å². The lowest BCUT2D eigenvalue weighted by molar-refractivity contribution is 0.0953. The number of hydrogen-bond acceptors (Lipinski definition) is 2. The quantitative estimate of drug-likeness (QED) is 0.240. The third kappa shape index (κ3) is 6.39. The molecule has 1 unspecified atom stereocenters. The summed E-state index contributed by atoms with van der Waals surface area (Å²) in [6.45, 7) is 8.06. The van der Waals surface area contributed by atoms with Crippen LogP contribution in [0.15, 0.2) is 72.8 Å². The zero-order chi connectivity index (χ0) is 24.6. The SMILES string of the molecule is CCC(C)c1ccc(Cn2c(CCCCCNC(=O)c3cccc(C)c3)nc3ccccc32)cc1. The topological polar surface area (TPSA) is 46.9 Å². The standard InChI is InChI=1S/C31H37N3O/c1-4-24(3)26-18-16-25(17-19-26)22-34-29-14-8-7-13-28(29)33-30(34)15-6-5-9-20-32-31(35)27-12-10-11-23(2)21-27/h7-8,10-14,16-19,21,24H,4-6,9,15,20,22H2,1-3H3,(H,32,35). The Hall–Kier alpha value is -3.40. The fourth-order valence-electron chi connectivity index (χ4n) is 4.54. The van der Waals surface area contributed by atoms with Gasteiger partial charge in [-0.05, 0) is 67.5 Å². The van der Waals surface area contributed by atoms with Crippen molar-refractivity contribution < 1.29 is 4.79 Å². The number of hydrogen-bond donors (Lipinski definition) is 1. The Morgan fingerprint density at radius 1 is 0.971 bits per heavy atom. The fraction of sp³-hybridized carbons (Fsp3) is 0.355. The van der Waals surface area contributed by atoms with E-state index in [1.165, 1.54) is 16.6 Å². The molecule has 1 aromatic heterocycles. The van der Waals surface area contributed by atoms with Crippen LogP contribution in [0.5, 0.6) is 0 Å². The predicted octanol–water partition coefficient (Wildman–Crippen LogP) is 7.05. The van der Waals surface area contributed by atoms with Gasteiger partial charge in [-0.25, -0.2) is 4.98 Å². The molecule has 0 saturated heterocycles. The summed E-state index contributed by atoms with van der Waals surface area (Å²) in [6, 6.07) is 25.2. The molecule has 0 spiro atoms. The third-order valence-electron chi connectivity index (χ3n) is 6.88. The van der Waals surface area contributed by atoms with Crippen LogP contribution in [0.3, 0.4) is 0 Å². The lowest BCUT2D eigenvalue weighted by Crippen LogP contribution is -2.24. The van der Waals surface area contributed by atoms with E-state index in [1.54, 1.807) is 0 Å². The minimum Gasteiger partial charge on any atom is -0.352 e. The number of benzene rings is 3. The smallest absolute Gasteiger partial charge is 0.251 e. The second-order valence-electron chi connectivity index (χ2n) is 9.59. The van der Waals surface area contributed by atoms with Gasteiger partial charge in [-0.1, -0.05) is 74.4 Å². The van der Waals surface area contributed by atoms with Crippen molar-refractivity contribution >= 4 is 16.9 Å². The number of aryl methyl sites for hydroxylation is 2. The second kappa shape index (κ2) is 11.8. The van der Waals surface area contributed by atoms with Crippen molar-refractivity contribution in [1.82, 2.24) is 14.9 Å². The Bertz CT molecular complexity index is 1260. The molecule has 4 nitrogen and oxygen atoms in total. The van der Waals surface area contributed by atoms with Crippen LogP contribution in [0.2, 0.25) is 0 Å². The molecule has 4 heteroatoms. The van der Waals surface area contributed by atoms with Crippen molar-refractivity contribution in [2.75, 3.05) is 6.54 Å². The minimum absolute atomic E-state index is 0.00911. The largest absolute Gasteiger partial charge is 0.352 e. The summed E-state index contributed by atoms with van der Waals surface area (Å²) in [5.41, 5.74) is 6.80. The maximum Gasteiger partial charge on any atom is 0.251 e. The number of nitrogens with one attached hydrogen (secondary N) is 1. The number of nitrogens with zero attached hydrogens (tertiary/aromatic N) is 2. The normalized spacial score (nSPS) is 12.1. The van der Waals surface area contributed by atoms with Crippen LogP contribution < -0.4 is 5.32 Å². The van der Waals surface area contributed by atoms with Crippen LogP contribution in [-0.2, 0) is 13.0 Å². The summed E-state index contributed by atoms with van der Waals surface area (Å²) >= 11 is 0. The summed E-state index contributed by atoms with van der Waals surface area (Å²) in [4.78, 5) is 17.3. The molecule has 1 atom stereocenters. The summed E-state index contributed by atoms with van der Waals surface area (Å²) in [5.74, 6) is 1.74. The summed E-state index contributed by atoms with van der Waals surface area (Å²) < 4.78 is 2.37. The van der Waals surface area contributed by atoms with Crippen molar-refractivity contribution in [2.24, 2.45) is 0 Å². The van der Waals surface area contributed by atoms with Crippen molar-refractivity contribution in [3.63, 3.8) is 0 Å². The van der Waals surface area contributed by atoms with E-state index < -0.39 is 0 Å². The molecule has 1 heterocycles. The van der Waals surface area contributed by atoms with Gasteiger partial charge in [0.15, 0.2) is 0 Å². The van der Waals surface area contributed by atoms with Crippen molar-refractivity contribution in [1.29, 1.82) is 0 Å². The van der Waals surface area contributed by atoms with Crippen LogP contribution in [0.4, 0.5) is 0 Å². The van der Waals surface area contributed by atoms with Crippen LogP contribution in [0.1, 0.15) is 78.3 Å². The molecule has 1 N–H and O–H groups in total. The highest BCUT2D eigenvalue weighted by atomic mass is 16.1. The number of fused-ring (bicyclic) bond motifs is 1. The molecule has 0 saturated carbocycles. The van der Waals surface area contributed by atoms with Gasteiger partial charge in [-0.2, -0.15) is 0 Å². The first-order chi connectivity index (χ1) is 17.0. The van der Waals surface area contributed by atoms with Gasteiger partial charge in [0.1, 0.15) is 5.82 Å². The van der Waals surface area contributed by atoms with E-state index in [-0.39, 0.29) is 5.91 Å². The first kappa shape index (κ1) is 24.7. The lowest BCUT2D eigenvalue weighted by atomic mass is 9.97. The number of imidazole rings is 1. The molecule has 0 aliphatic heterocycles. The number of rotatable bonds is 11. The molecule has 0 aliphatic rings. The molecule has 3 aromatic carbocycles. The number of aromatic nitrogens is 2. The zero-order valence-electron chi connectivity index (χ0n) is 21.3. The molecule has 0 aliphatic carbocycles. The Morgan fingerprint density at radius 2 is 1.77 bits per heavy atom. The molecule has 4 aromatic rings. The maximum atomic E-state index is 12.3. The first-order valence-electron chi connectivity index (χ1n) is 12.9. The number of unbranched alkanes of at least 4 members (excludes halogenated alkanes) is 2. The van der Waals surface area contributed by atoms with E-state index in [9.17, 15) is 4.79 Å². The molecule has 1 amide bonds. The Kier molecular flexibility index (Phi) is 8.36. The summed E-state index contributed by atoms with van der Waals surface area (Å²) in [6.07, 6.45) is 5.17. The molecular formula is C31H37N3O. The van der Waals surface area contributed by atoms with Crippen LogP contribution in [0.25, 0.3) is 11.0 Å². The van der Waals surface area contributed by atoms with Crippen LogP contribution in [0, 0.1) is 6.92 Å². The highest BCUT2D eigenvalue weighted by Crippen LogP contribution is 2.22. The Balaban J connectivity index is 1.33. The van der Waals surface area contributed by atoms with Gasteiger partial charge < -0.3 is 9.88 Å². The van der Waals surface area contributed by atoms with E-state index in [1.807, 2.05) is 31.2 Å². The van der Waals surface area contributed by atoms with Gasteiger partial charge in [-0.3, -0.25) is 4.79 Å². The molecule has 35 heavy (non-hydrogen) atoms. The number of para-hydroxylation sites is 2. The first-order valence-corrected chi connectivity index (χ1v) is 12.9. The minimum atomic E-state index is 0.00911. The van der Waals surface area contributed by atoms with Gasteiger partial charge in [0, 0.05) is 25.1 Å². The van der Waals surface area contributed by atoms with Crippen molar-refractivity contribution in [3.05, 3.63) is 101 Å². The monoisotopic (exact) mass is 467 g/mol. The van der Waals surface area contributed by atoms with E-state index in [2.05, 4.69) is 72.3 Å². The van der Waals surface area contributed by atoms with E-state index in [4.69, 9.17) is 4.98 Å². The molecule has 0 fully saturated rings. The summed E-state index contributed by atoms with van der Waals surface area (Å²) in [7, 11) is 0. The van der Waals surface area contributed by atoms with Crippen LogP contribution in [-0.4, -0.2) is 22.0 Å². The van der Waals surface area contributed by atoms with Crippen LogP contribution >= 0.6 is 0 Å². The lowest BCUT2D eigenvalue weighted by Gasteiger charge is -2.12. The molecule has 182 valence electrons. The van der Waals surface area contributed by atoms with Gasteiger partial charge in [0.25, 0.3) is 5.91 Å². The second-order valence-corrected chi connectivity index (χ2v) is 9.59. The predicted molar refractivity (Wildman–Crippen MR) is 145 cm³/mol. The van der Waals surface area contributed by atoms with Crippen molar-refractivity contribution in [2.45, 2.75) is 65.3 Å². The maximum absolute atomic E-state index is 12.3. The van der Waals surface area contributed by atoms with Crippen molar-refractivity contribution in [3.8, 4) is 0 Å². The van der Waals surface area contributed by atoms with E-state index >= 15 is 0 Å². The van der Waals surface area contributed by atoms with Gasteiger partial charge in [0.2, 0.25) is 0 Å². The summed E-state index contributed by atoms with van der Waals surface area (Å²) in [5, 5.41) is 3.05. The molecular weight excluding hydrogens is 430 g/mol. The van der Waals surface area contributed by atoms with Gasteiger partial charge >= 0.3 is 0 Å². The highest BCUT2D eigenvalue weighted by Gasteiger charge is 2.12. The zero-order valence-corrected chi connectivity index (χ0v) is 21.3.